The summed E-state index contributed by atoms with van der Waals surface area (Å²) in [6, 6.07) is 0. The van der Waals surface area contributed by atoms with Crippen LogP contribution in [0.25, 0.3) is 0 Å². The summed E-state index contributed by atoms with van der Waals surface area (Å²) in [5.41, 5.74) is 0.534. The van der Waals surface area contributed by atoms with Gasteiger partial charge in [0.2, 0.25) is 11.6 Å². The topological polar surface area (TPSA) is 65.6 Å². The monoisotopic (exact) mass is 217 g/mol. The van der Waals surface area contributed by atoms with Gasteiger partial charge < -0.3 is 0 Å². The molecule has 0 aliphatic carbocycles. The highest BCUT2D eigenvalue weighted by Gasteiger charge is 2.21. The molecular formula is C10H11N5O. The third kappa shape index (κ3) is 1.34. The van der Waals surface area contributed by atoms with Crippen molar-refractivity contribution in [1.29, 1.82) is 0 Å². The Kier molecular flexibility index (Phi) is 1.89. The lowest BCUT2D eigenvalue weighted by molar-refractivity contribution is 0.102. The first-order valence-electron chi connectivity index (χ1n) is 5.21. The molecule has 0 N–H and O–H groups in total. The van der Waals surface area contributed by atoms with Crippen molar-refractivity contribution >= 4 is 5.78 Å². The number of hydrogen-bond acceptors (Lipinski definition) is 4. The Morgan fingerprint density at radius 1 is 1.50 bits per heavy atom. The molecule has 3 rings (SSSR count). The number of nitrogens with zero attached hydrogens (tertiary/aromatic N) is 5. The fourth-order valence-electron chi connectivity index (χ4n) is 1.89. The number of carbonyl (C=O) groups excluding carboxylic acids is 1. The van der Waals surface area contributed by atoms with Crippen molar-refractivity contribution in [3.8, 4) is 0 Å². The van der Waals surface area contributed by atoms with Crippen LogP contribution in [0.1, 0.15) is 28.4 Å². The van der Waals surface area contributed by atoms with Gasteiger partial charge in [0, 0.05) is 26.2 Å². The molecule has 0 fully saturated rings. The molecule has 6 nitrogen and oxygen atoms in total. The molecule has 3 heterocycles. The van der Waals surface area contributed by atoms with E-state index in [2.05, 4.69) is 15.2 Å². The normalized spacial score (nSPS) is 14.1. The molecule has 0 saturated carbocycles. The van der Waals surface area contributed by atoms with Gasteiger partial charge in [-0.15, -0.1) is 5.10 Å². The highest BCUT2D eigenvalue weighted by Crippen LogP contribution is 2.13. The van der Waals surface area contributed by atoms with Crippen LogP contribution < -0.4 is 0 Å². The molecule has 0 amide bonds. The molecule has 1 aliphatic rings. The van der Waals surface area contributed by atoms with Crippen LogP contribution in [0.5, 0.6) is 0 Å². The molecule has 0 unspecified atom stereocenters. The van der Waals surface area contributed by atoms with Gasteiger partial charge in [0.15, 0.2) is 0 Å². The second-order valence-corrected chi connectivity index (χ2v) is 3.91. The van der Waals surface area contributed by atoms with E-state index in [1.807, 2.05) is 4.68 Å². The smallest absolute Gasteiger partial charge is 0.235 e. The summed E-state index contributed by atoms with van der Waals surface area (Å²) in [7, 11) is 1.78. The average molecular weight is 217 g/mol. The summed E-state index contributed by atoms with van der Waals surface area (Å²) in [6.07, 6.45) is 5.19. The van der Waals surface area contributed by atoms with Crippen molar-refractivity contribution in [3.63, 3.8) is 0 Å². The molecule has 16 heavy (non-hydrogen) atoms. The summed E-state index contributed by atoms with van der Waals surface area (Å²) >= 11 is 0. The molecule has 6 heteroatoms. The van der Waals surface area contributed by atoms with E-state index in [1.54, 1.807) is 17.9 Å². The van der Waals surface area contributed by atoms with Gasteiger partial charge in [0.25, 0.3) is 0 Å². The maximum absolute atomic E-state index is 12.0. The molecule has 0 bridgehead atoms. The van der Waals surface area contributed by atoms with Crippen LogP contribution in [0, 0.1) is 0 Å². The first-order valence-corrected chi connectivity index (χ1v) is 5.21. The molecule has 1 aliphatic heterocycles. The largest absolute Gasteiger partial charge is 0.285 e. The number of ketones is 1. The SMILES string of the molecule is Cn1cc(C(=O)c2nc3n(n2)CCC3)cn1. The van der Waals surface area contributed by atoms with Gasteiger partial charge in [-0.05, 0) is 6.42 Å². The van der Waals surface area contributed by atoms with Crippen molar-refractivity contribution in [2.24, 2.45) is 7.05 Å². The first-order chi connectivity index (χ1) is 7.74. The van der Waals surface area contributed by atoms with Crippen molar-refractivity contribution in [3.05, 3.63) is 29.6 Å². The summed E-state index contributed by atoms with van der Waals surface area (Å²) < 4.78 is 3.40. The molecular weight excluding hydrogens is 206 g/mol. The van der Waals surface area contributed by atoms with Crippen LogP contribution >= 0.6 is 0 Å². The maximum Gasteiger partial charge on any atom is 0.235 e. The Morgan fingerprint density at radius 2 is 2.38 bits per heavy atom. The van der Waals surface area contributed by atoms with Gasteiger partial charge in [-0.2, -0.15) is 5.10 Å². The molecule has 2 aromatic heterocycles. The highest BCUT2D eigenvalue weighted by atomic mass is 16.1. The zero-order valence-corrected chi connectivity index (χ0v) is 8.92. The van der Waals surface area contributed by atoms with E-state index < -0.39 is 0 Å². The van der Waals surface area contributed by atoms with Crippen molar-refractivity contribution < 1.29 is 4.79 Å². The minimum Gasteiger partial charge on any atom is -0.285 e. The Balaban J connectivity index is 1.95. The Labute approximate surface area is 91.9 Å². The minimum absolute atomic E-state index is 0.157. The molecule has 0 spiro atoms. The standard InChI is InChI=1S/C10H11N5O/c1-14-6-7(5-11-14)9(16)10-12-8-3-2-4-15(8)13-10/h5-6H,2-4H2,1H3. The molecule has 0 atom stereocenters. The molecule has 0 aromatic carbocycles. The van der Waals surface area contributed by atoms with Gasteiger partial charge in [0.1, 0.15) is 5.82 Å². The molecule has 82 valence electrons. The first kappa shape index (κ1) is 9.26. The zero-order chi connectivity index (χ0) is 11.1. The third-order valence-corrected chi connectivity index (χ3v) is 2.69. The van der Waals surface area contributed by atoms with Gasteiger partial charge in [0.05, 0.1) is 11.8 Å². The predicted molar refractivity (Wildman–Crippen MR) is 55.0 cm³/mol. The highest BCUT2D eigenvalue weighted by molar-refractivity contribution is 6.06. The maximum atomic E-state index is 12.0. The van der Waals surface area contributed by atoms with Crippen LogP contribution in [0.4, 0.5) is 0 Å². The van der Waals surface area contributed by atoms with E-state index in [4.69, 9.17) is 0 Å². The number of aromatic nitrogens is 5. The van der Waals surface area contributed by atoms with Gasteiger partial charge >= 0.3 is 0 Å². The van der Waals surface area contributed by atoms with E-state index in [9.17, 15) is 4.79 Å². The van der Waals surface area contributed by atoms with Gasteiger partial charge in [-0.1, -0.05) is 0 Å². The zero-order valence-electron chi connectivity index (χ0n) is 8.92. The van der Waals surface area contributed by atoms with Crippen LogP contribution in [0.15, 0.2) is 12.4 Å². The van der Waals surface area contributed by atoms with Crippen molar-refractivity contribution in [1.82, 2.24) is 24.5 Å². The minimum atomic E-state index is -0.157. The van der Waals surface area contributed by atoms with Crippen LogP contribution in [0.2, 0.25) is 0 Å². The van der Waals surface area contributed by atoms with Crippen LogP contribution in [0.3, 0.4) is 0 Å². The Bertz CT molecular complexity index is 532. The summed E-state index contributed by atoms with van der Waals surface area (Å²) in [5, 5.41) is 8.16. The second kappa shape index (κ2) is 3.26. The molecule has 0 radical (unpaired) electrons. The number of carbonyl (C=O) groups is 1. The lowest BCUT2D eigenvalue weighted by atomic mass is 10.2. The van der Waals surface area contributed by atoms with E-state index in [1.165, 1.54) is 6.20 Å². The number of aryl methyl sites for hydroxylation is 3. The third-order valence-electron chi connectivity index (χ3n) is 2.69. The lowest BCUT2D eigenvalue weighted by Crippen LogP contribution is -2.04. The predicted octanol–water partition coefficient (Wildman–Crippen LogP) is 0.189. The average Bonchev–Trinajstić information content (AvgIpc) is 2.89. The summed E-state index contributed by atoms with van der Waals surface area (Å²) in [4.78, 5) is 16.2. The van der Waals surface area contributed by atoms with Crippen LogP contribution in [-0.4, -0.2) is 30.3 Å². The second-order valence-electron chi connectivity index (χ2n) is 3.91. The summed E-state index contributed by atoms with van der Waals surface area (Å²) in [6.45, 7) is 0.864. The lowest BCUT2D eigenvalue weighted by Gasteiger charge is -1.91. The molecule has 0 saturated heterocycles. The van der Waals surface area contributed by atoms with Crippen molar-refractivity contribution in [2.75, 3.05) is 0 Å². The molecule has 2 aromatic rings. The number of fused-ring (bicyclic) bond motifs is 1. The van der Waals surface area contributed by atoms with E-state index >= 15 is 0 Å². The van der Waals surface area contributed by atoms with E-state index in [-0.39, 0.29) is 11.6 Å². The van der Waals surface area contributed by atoms with Crippen LogP contribution in [-0.2, 0) is 20.0 Å². The quantitative estimate of drug-likeness (QED) is 0.673. The fourth-order valence-corrected chi connectivity index (χ4v) is 1.89. The Morgan fingerprint density at radius 3 is 3.06 bits per heavy atom. The summed E-state index contributed by atoms with van der Waals surface area (Å²) in [5.74, 6) is 1.03. The van der Waals surface area contributed by atoms with E-state index in [0.29, 0.717) is 5.56 Å². The number of rotatable bonds is 2. The van der Waals surface area contributed by atoms with Crippen molar-refractivity contribution in [2.45, 2.75) is 19.4 Å². The number of hydrogen-bond donors (Lipinski definition) is 0. The Hall–Kier alpha value is -1.98. The van der Waals surface area contributed by atoms with E-state index in [0.717, 1.165) is 25.2 Å². The van der Waals surface area contributed by atoms with Gasteiger partial charge in [-0.25, -0.2) is 9.67 Å². The fraction of sp³-hybridized carbons (Fsp3) is 0.400. The van der Waals surface area contributed by atoms with Gasteiger partial charge in [-0.3, -0.25) is 9.48 Å².